The van der Waals surface area contributed by atoms with Gasteiger partial charge in [0.25, 0.3) is 4.75 Å². The third-order valence-corrected chi connectivity index (χ3v) is 5.68. The van der Waals surface area contributed by atoms with Crippen LogP contribution in [0.4, 0.5) is 0 Å². The van der Waals surface area contributed by atoms with Gasteiger partial charge < -0.3 is 0 Å². The number of ketones is 2. The lowest BCUT2D eigenvalue weighted by atomic mass is 9.93. The molecule has 0 spiro atoms. The first-order valence-electron chi connectivity index (χ1n) is 6.42. The summed E-state index contributed by atoms with van der Waals surface area (Å²) in [5, 5.41) is 0. The third-order valence-electron chi connectivity index (χ3n) is 3.85. The van der Waals surface area contributed by atoms with Crippen LogP contribution in [0.1, 0.15) is 26.3 Å². The summed E-state index contributed by atoms with van der Waals surface area (Å²) < 4.78 is -1.04. The zero-order valence-electron chi connectivity index (χ0n) is 11.4. The maximum absolute atomic E-state index is 13.0. The Bertz CT molecular complexity index is 654. The van der Waals surface area contributed by atoms with Crippen molar-refractivity contribution >= 4 is 22.5 Å². The molecule has 0 bridgehead atoms. The fourth-order valence-electron chi connectivity index (χ4n) is 2.90. The molecule has 100 valence electrons. The molecule has 1 aliphatic rings. The first-order chi connectivity index (χ1) is 9.60. The Morgan fingerprint density at radius 3 is 1.65 bits per heavy atom. The van der Waals surface area contributed by atoms with E-state index in [1.165, 1.54) is 0 Å². The number of hydrogen-bond acceptors (Lipinski definition) is 2. The molecule has 0 unspecified atom stereocenters. The number of rotatable bonds is 2. The molecule has 0 saturated heterocycles. The van der Waals surface area contributed by atoms with Crippen molar-refractivity contribution in [3.05, 3.63) is 71.3 Å². The van der Waals surface area contributed by atoms with Crippen molar-refractivity contribution in [3.8, 4) is 0 Å². The summed E-state index contributed by atoms with van der Waals surface area (Å²) >= 11 is 0. The van der Waals surface area contributed by atoms with Crippen molar-refractivity contribution in [1.82, 2.24) is 0 Å². The van der Waals surface area contributed by atoms with Crippen LogP contribution in [0.25, 0.3) is 0 Å². The van der Waals surface area contributed by atoms with Gasteiger partial charge >= 0.3 is 0 Å². The molecule has 1 aliphatic carbocycles. The minimum atomic E-state index is -1.04. The lowest BCUT2D eigenvalue weighted by molar-refractivity contribution is 0.0865. The van der Waals surface area contributed by atoms with Crippen LogP contribution in [0, 0.1) is 0 Å². The van der Waals surface area contributed by atoms with Crippen molar-refractivity contribution in [3.63, 3.8) is 0 Å². The molecule has 2 nitrogen and oxygen atoms in total. The quantitative estimate of drug-likeness (QED) is 0.627. The third kappa shape index (κ3) is 1.53. The van der Waals surface area contributed by atoms with Crippen molar-refractivity contribution in [1.29, 1.82) is 0 Å². The highest BCUT2D eigenvalue weighted by Crippen LogP contribution is 2.43. The van der Waals surface area contributed by atoms with Crippen LogP contribution in [0.15, 0.2) is 54.6 Å². The Kier molecular flexibility index (Phi) is 3.02. The van der Waals surface area contributed by atoms with Gasteiger partial charge in [-0.3, -0.25) is 9.59 Å². The van der Waals surface area contributed by atoms with Crippen molar-refractivity contribution in [2.75, 3.05) is 12.5 Å². The molecule has 0 aliphatic heterocycles. The number of benzene rings is 2. The van der Waals surface area contributed by atoms with Gasteiger partial charge in [0.05, 0.1) is 12.5 Å². The zero-order chi connectivity index (χ0) is 14.3. The van der Waals surface area contributed by atoms with E-state index >= 15 is 0 Å². The maximum atomic E-state index is 13.0. The van der Waals surface area contributed by atoms with Crippen LogP contribution in [0.5, 0.6) is 0 Å². The van der Waals surface area contributed by atoms with E-state index in [1.807, 2.05) is 55.0 Å². The second kappa shape index (κ2) is 4.60. The van der Waals surface area contributed by atoms with Crippen molar-refractivity contribution in [2.45, 2.75) is 4.75 Å². The Labute approximate surface area is 121 Å². The van der Waals surface area contributed by atoms with Crippen molar-refractivity contribution < 1.29 is 9.59 Å². The minimum Gasteiger partial charge on any atom is -0.287 e. The van der Waals surface area contributed by atoms with E-state index in [-0.39, 0.29) is 22.5 Å². The summed E-state index contributed by atoms with van der Waals surface area (Å²) in [7, 11) is -0.386. The summed E-state index contributed by atoms with van der Waals surface area (Å²) in [6, 6.07) is 16.6. The van der Waals surface area contributed by atoms with Gasteiger partial charge in [0.1, 0.15) is 0 Å². The van der Waals surface area contributed by atoms with Crippen LogP contribution >= 0.6 is 0 Å². The van der Waals surface area contributed by atoms with E-state index in [1.54, 1.807) is 12.1 Å². The van der Waals surface area contributed by atoms with Gasteiger partial charge in [0.15, 0.2) is 0 Å². The molecule has 0 radical (unpaired) electrons. The van der Waals surface area contributed by atoms with E-state index in [0.717, 1.165) is 5.56 Å². The molecular formula is C17H15O2S+. The van der Waals surface area contributed by atoms with Crippen LogP contribution in [-0.4, -0.2) is 24.1 Å². The number of hydrogen-bond donors (Lipinski definition) is 0. The summed E-state index contributed by atoms with van der Waals surface area (Å²) in [4.78, 5) is 25.9. The smallest absolute Gasteiger partial charge is 0.276 e. The van der Waals surface area contributed by atoms with Gasteiger partial charge in [0.2, 0.25) is 11.6 Å². The van der Waals surface area contributed by atoms with Gasteiger partial charge in [-0.2, -0.15) is 0 Å². The molecule has 2 aromatic carbocycles. The minimum absolute atomic E-state index is 0.0577. The van der Waals surface area contributed by atoms with Crippen LogP contribution in [0.3, 0.4) is 0 Å². The molecule has 3 rings (SSSR count). The fraction of sp³-hybridized carbons (Fsp3) is 0.176. The van der Waals surface area contributed by atoms with Crippen molar-refractivity contribution in [2.24, 2.45) is 0 Å². The highest BCUT2D eigenvalue weighted by molar-refractivity contribution is 7.98. The Morgan fingerprint density at radius 1 is 0.750 bits per heavy atom. The topological polar surface area (TPSA) is 34.1 Å². The molecule has 0 aromatic heterocycles. The molecule has 0 heterocycles. The number of carbonyl (C=O) groups excluding carboxylic acids is 2. The molecule has 20 heavy (non-hydrogen) atoms. The van der Waals surface area contributed by atoms with E-state index < -0.39 is 4.75 Å². The van der Waals surface area contributed by atoms with Crippen LogP contribution in [-0.2, 0) is 15.6 Å². The summed E-state index contributed by atoms with van der Waals surface area (Å²) in [6.07, 6.45) is 3.93. The molecule has 0 fully saturated rings. The van der Waals surface area contributed by atoms with E-state index in [2.05, 4.69) is 0 Å². The average Bonchev–Trinajstić information content (AvgIpc) is 2.70. The molecule has 0 amide bonds. The number of Topliss-reactive ketones (excluding diaryl/α,β-unsaturated/α-hetero) is 2. The van der Waals surface area contributed by atoms with E-state index in [4.69, 9.17) is 0 Å². The normalized spacial score (nSPS) is 16.6. The van der Waals surface area contributed by atoms with Gasteiger partial charge in [-0.1, -0.05) is 54.6 Å². The molecule has 3 heteroatoms. The lowest BCUT2D eigenvalue weighted by Gasteiger charge is -2.22. The standard InChI is InChI=1S/C17H15O2S/c1-20(2)17(12-8-4-3-5-9-12)15(18)13-10-6-7-11-14(13)16(17)19/h3-11H,1-2H3/q+1. The van der Waals surface area contributed by atoms with Gasteiger partial charge in [-0.25, -0.2) is 0 Å². The van der Waals surface area contributed by atoms with Crippen LogP contribution in [0.2, 0.25) is 0 Å². The summed E-state index contributed by atoms with van der Waals surface area (Å²) in [5.41, 5.74) is 1.92. The molecule has 0 N–H and O–H groups in total. The number of carbonyl (C=O) groups is 2. The monoisotopic (exact) mass is 283 g/mol. The number of fused-ring (bicyclic) bond motifs is 1. The first kappa shape index (κ1) is 13.1. The Morgan fingerprint density at radius 2 is 1.20 bits per heavy atom. The SMILES string of the molecule is C[S+](C)C1(c2ccccc2)C(=O)c2ccccc2C1=O. The van der Waals surface area contributed by atoms with Gasteiger partial charge in [0, 0.05) is 27.6 Å². The first-order valence-corrected chi connectivity index (χ1v) is 8.46. The average molecular weight is 283 g/mol. The van der Waals surface area contributed by atoms with Gasteiger partial charge in [-0.05, 0) is 0 Å². The largest absolute Gasteiger partial charge is 0.287 e. The highest BCUT2D eigenvalue weighted by atomic mass is 32.2. The van der Waals surface area contributed by atoms with Gasteiger partial charge in [-0.15, -0.1) is 0 Å². The van der Waals surface area contributed by atoms with E-state index in [0.29, 0.717) is 11.1 Å². The summed E-state index contributed by atoms with van der Waals surface area (Å²) in [5.74, 6) is -0.115. The molecule has 2 aromatic rings. The lowest BCUT2D eigenvalue weighted by Crippen LogP contribution is -2.45. The second-order valence-corrected chi connectivity index (χ2v) is 7.31. The second-order valence-electron chi connectivity index (χ2n) is 5.07. The predicted molar refractivity (Wildman–Crippen MR) is 82.4 cm³/mol. The van der Waals surface area contributed by atoms with E-state index in [9.17, 15) is 9.59 Å². The zero-order valence-corrected chi connectivity index (χ0v) is 12.2. The fourth-order valence-corrected chi connectivity index (χ4v) is 4.47. The maximum Gasteiger partial charge on any atom is 0.276 e. The highest BCUT2D eigenvalue weighted by Gasteiger charge is 2.63. The molecular weight excluding hydrogens is 268 g/mol. The summed E-state index contributed by atoms with van der Waals surface area (Å²) in [6.45, 7) is 0. The predicted octanol–water partition coefficient (Wildman–Crippen LogP) is 2.84. The van der Waals surface area contributed by atoms with Crippen LogP contribution < -0.4 is 0 Å². The molecule has 0 saturated carbocycles. The molecule has 0 atom stereocenters. The Balaban J connectivity index is 2.30. The Hall–Kier alpha value is -1.87.